The molecule has 1 heterocycles. The Balaban J connectivity index is 1.71. The van der Waals surface area contributed by atoms with Gasteiger partial charge in [-0.1, -0.05) is 36.4 Å². The monoisotopic (exact) mass is 399 g/mol. The fourth-order valence-corrected chi connectivity index (χ4v) is 3.98. The number of amidine groups is 1. The van der Waals surface area contributed by atoms with Crippen LogP contribution in [0.3, 0.4) is 0 Å². The lowest BCUT2D eigenvalue weighted by molar-refractivity contribution is -0.128. The van der Waals surface area contributed by atoms with Gasteiger partial charge in [0.2, 0.25) is 11.8 Å². The first-order valence-corrected chi connectivity index (χ1v) is 10.0. The quantitative estimate of drug-likeness (QED) is 0.778. The predicted octanol–water partition coefficient (Wildman–Crippen LogP) is 4.50. The summed E-state index contributed by atoms with van der Waals surface area (Å²) in [5.74, 6) is -0.760. The van der Waals surface area contributed by atoms with Crippen molar-refractivity contribution in [1.29, 1.82) is 0 Å². The van der Waals surface area contributed by atoms with Crippen molar-refractivity contribution in [3.05, 3.63) is 59.9 Å². The van der Waals surface area contributed by atoms with Gasteiger partial charge in [-0.3, -0.25) is 14.5 Å². The zero-order valence-electron chi connectivity index (χ0n) is 15.8. The molecule has 7 heteroatoms. The van der Waals surface area contributed by atoms with Crippen molar-refractivity contribution in [2.45, 2.75) is 31.9 Å². The number of carbonyl (C=O) groups excluding carboxylic acids is 2. The average Bonchev–Trinajstić information content (AvgIpc) is 2.94. The van der Waals surface area contributed by atoms with Crippen LogP contribution in [0, 0.1) is 12.7 Å². The molecule has 3 rings (SSSR count). The van der Waals surface area contributed by atoms with Crippen molar-refractivity contribution in [2.24, 2.45) is 4.99 Å². The summed E-state index contributed by atoms with van der Waals surface area (Å²) in [6, 6.07) is 13.3. The predicted molar refractivity (Wildman–Crippen MR) is 111 cm³/mol. The molecule has 1 aliphatic rings. The second-order valence-electron chi connectivity index (χ2n) is 6.59. The molecule has 0 saturated carbocycles. The fraction of sp³-hybridized carbons (Fsp3) is 0.286. The standard InChI is InChI=1S/C21H22FN3O2S/c1-3-12-25-20(27)18(13-19(26)23-16-10-6-15(22)7-11-16)28-21(25)24-17-8-4-14(2)5-9-17/h4-11,18H,3,12-13H2,1-2H3,(H,23,26)/t18-/m0/s1. The van der Waals surface area contributed by atoms with Crippen LogP contribution < -0.4 is 5.32 Å². The van der Waals surface area contributed by atoms with Crippen LogP contribution in [0.1, 0.15) is 25.3 Å². The van der Waals surface area contributed by atoms with Gasteiger partial charge in [-0.15, -0.1) is 0 Å². The van der Waals surface area contributed by atoms with E-state index in [9.17, 15) is 14.0 Å². The van der Waals surface area contributed by atoms with E-state index in [1.54, 1.807) is 4.90 Å². The van der Waals surface area contributed by atoms with Gasteiger partial charge in [0, 0.05) is 18.7 Å². The second kappa shape index (κ2) is 9.01. The molecular formula is C21H22FN3O2S. The summed E-state index contributed by atoms with van der Waals surface area (Å²) in [6.45, 7) is 4.56. The number of nitrogens with one attached hydrogen (secondary N) is 1. The lowest BCUT2D eigenvalue weighted by Gasteiger charge is -2.15. The Morgan fingerprint density at radius 1 is 1.18 bits per heavy atom. The van der Waals surface area contributed by atoms with E-state index in [2.05, 4.69) is 10.3 Å². The molecule has 0 radical (unpaired) electrons. The van der Waals surface area contributed by atoms with E-state index in [4.69, 9.17) is 0 Å². The van der Waals surface area contributed by atoms with Crippen molar-refractivity contribution >= 4 is 40.1 Å². The van der Waals surface area contributed by atoms with Gasteiger partial charge in [-0.05, 0) is 49.7 Å². The molecule has 0 spiro atoms. The van der Waals surface area contributed by atoms with Crippen molar-refractivity contribution in [3.8, 4) is 0 Å². The second-order valence-corrected chi connectivity index (χ2v) is 7.76. The largest absolute Gasteiger partial charge is 0.326 e. The minimum Gasteiger partial charge on any atom is -0.326 e. The van der Waals surface area contributed by atoms with Gasteiger partial charge in [-0.25, -0.2) is 9.38 Å². The molecule has 2 amide bonds. The van der Waals surface area contributed by atoms with Crippen LogP contribution in [0.2, 0.25) is 0 Å². The smallest absolute Gasteiger partial charge is 0.242 e. The van der Waals surface area contributed by atoms with Gasteiger partial charge >= 0.3 is 0 Å². The summed E-state index contributed by atoms with van der Waals surface area (Å²) < 4.78 is 13.0. The van der Waals surface area contributed by atoms with E-state index in [0.29, 0.717) is 17.4 Å². The summed E-state index contributed by atoms with van der Waals surface area (Å²) >= 11 is 1.31. The molecule has 2 aromatic rings. The number of carbonyl (C=O) groups is 2. The van der Waals surface area contributed by atoms with Crippen LogP contribution in [-0.4, -0.2) is 33.7 Å². The minimum absolute atomic E-state index is 0.0357. The molecule has 1 atom stereocenters. The first kappa shape index (κ1) is 20.1. The van der Waals surface area contributed by atoms with E-state index >= 15 is 0 Å². The molecule has 1 N–H and O–H groups in total. The Kier molecular flexibility index (Phi) is 6.46. The van der Waals surface area contributed by atoms with Gasteiger partial charge in [0.05, 0.1) is 5.69 Å². The summed E-state index contributed by atoms with van der Waals surface area (Å²) in [4.78, 5) is 31.4. The maximum Gasteiger partial charge on any atom is 0.242 e. The summed E-state index contributed by atoms with van der Waals surface area (Å²) in [6.07, 6.45) is 0.835. The molecule has 0 bridgehead atoms. The van der Waals surface area contributed by atoms with Crippen molar-refractivity contribution in [2.75, 3.05) is 11.9 Å². The average molecular weight is 399 g/mol. The SMILES string of the molecule is CCCN1C(=O)[C@H](CC(=O)Nc2ccc(F)cc2)SC1=Nc1ccc(C)cc1. The molecule has 1 fully saturated rings. The minimum atomic E-state index is -0.517. The van der Waals surface area contributed by atoms with Crippen LogP contribution in [-0.2, 0) is 9.59 Å². The number of aliphatic imine (C=N–C) groups is 1. The highest BCUT2D eigenvalue weighted by Crippen LogP contribution is 2.32. The number of hydrogen-bond acceptors (Lipinski definition) is 4. The Hall–Kier alpha value is -2.67. The zero-order chi connectivity index (χ0) is 20.1. The Labute approximate surface area is 168 Å². The van der Waals surface area contributed by atoms with E-state index < -0.39 is 5.25 Å². The summed E-state index contributed by atoms with van der Waals surface area (Å²) in [7, 11) is 0. The van der Waals surface area contributed by atoms with Gasteiger partial charge in [0.1, 0.15) is 11.1 Å². The topological polar surface area (TPSA) is 61.8 Å². The maximum atomic E-state index is 13.0. The number of thioether (sulfide) groups is 1. The number of amides is 2. The first-order valence-electron chi connectivity index (χ1n) is 9.15. The van der Waals surface area contributed by atoms with E-state index in [-0.39, 0.29) is 24.1 Å². The number of aryl methyl sites for hydroxylation is 1. The molecule has 0 unspecified atom stereocenters. The molecule has 1 aliphatic heterocycles. The number of rotatable bonds is 6. The maximum absolute atomic E-state index is 13.0. The number of anilines is 1. The summed E-state index contributed by atoms with van der Waals surface area (Å²) in [5, 5.41) is 2.81. The Morgan fingerprint density at radius 3 is 2.50 bits per heavy atom. The van der Waals surface area contributed by atoms with Gasteiger partial charge in [0.15, 0.2) is 5.17 Å². The highest BCUT2D eigenvalue weighted by atomic mass is 32.2. The molecule has 0 aliphatic carbocycles. The molecule has 28 heavy (non-hydrogen) atoms. The molecule has 1 saturated heterocycles. The van der Waals surface area contributed by atoms with Crippen LogP contribution in [0.15, 0.2) is 53.5 Å². The van der Waals surface area contributed by atoms with E-state index in [1.807, 2.05) is 38.1 Å². The fourth-order valence-electron chi connectivity index (χ4n) is 2.80. The molecule has 2 aromatic carbocycles. The van der Waals surface area contributed by atoms with Gasteiger partial charge < -0.3 is 5.32 Å². The third-order valence-electron chi connectivity index (χ3n) is 4.22. The lowest BCUT2D eigenvalue weighted by Crippen LogP contribution is -2.34. The highest BCUT2D eigenvalue weighted by Gasteiger charge is 2.38. The number of hydrogen-bond donors (Lipinski definition) is 1. The van der Waals surface area contributed by atoms with Crippen LogP contribution in [0.5, 0.6) is 0 Å². The number of benzene rings is 2. The third-order valence-corrected chi connectivity index (χ3v) is 5.40. The van der Waals surface area contributed by atoms with Crippen LogP contribution >= 0.6 is 11.8 Å². The molecule has 0 aromatic heterocycles. The Bertz CT molecular complexity index is 882. The molecule has 146 valence electrons. The summed E-state index contributed by atoms with van der Waals surface area (Å²) in [5.41, 5.74) is 2.42. The van der Waals surface area contributed by atoms with Crippen LogP contribution in [0.4, 0.5) is 15.8 Å². The van der Waals surface area contributed by atoms with Gasteiger partial charge in [-0.2, -0.15) is 0 Å². The third kappa shape index (κ3) is 4.98. The number of nitrogens with zero attached hydrogens (tertiary/aromatic N) is 2. The number of halogens is 1. The normalized spacial score (nSPS) is 18.0. The highest BCUT2D eigenvalue weighted by molar-refractivity contribution is 8.15. The Morgan fingerprint density at radius 2 is 1.86 bits per heavy atom. The first-order chi connectivity index (χ1) is 13.5. The molecule has 5 nitrogen and oxygen atoms in total. The lowest BCUT2D eigenvalue weighted by atomic mass is 10.2. The van der Waals surface area contributed by atoms with Crippen molar-refractivity contribution < 1.29 is 14.0 Å². The van der Waals surface area contributed by atoms with Crippen molar-refractivity contribution in [3.63, 3.8) is 0 Å². The van der Waals surface area contributed by atoms with E-state index in [1.165, 1.54) is 36.0 Å². The van der Waals surface area contributed by atoms with E-state index in [0.717, 1.165) is 17.7 Å². The molecular weight excluding hydrogens is 377 g/mol. The van der Waals surface area contributed by atoms with Gasteiger partial charge in [0.25, 0.3) is 0 Å². The zero-order valence-corrected chi connectivity index (χ0v) is 16.6. The van der Waals surface area contributed by atoms with Crippen LogP contribution in [0.25, 0.3) is 0 Å². The van der Waals surface area contributed by atoms with Crippen molar-refractivity contribution in [1.82, 2.24) is 4.90 Å².